The van der Waals surface area contributed by atoms with Crippen LogP contribution in [0.1, 0.15) is 0 Å². The quantitative estimate of drug-likeness (QED) is 0.266. The summed E-state index contributed by atoms with van der Waals surface area (Å²) in [6.45, 7) is 0. The van der Waals surface area contributed by atoms with Crippen molar-refractivity contribution in [2.75, 3.05) is 0 Å². The molecule has 0 spiro atoms. The number of nitrogens with zero attached hydrogens (tertiary/aromatic N) is 1. The van der Waals surface area contributed by atoms with E-state index in [0.29, 0.717) is 5.89 Å². The van der Waals surface area contributed by atoms with Gasteiger partial charge in [0.25, 0.3) is 0 Å². The van der Waals surface area contributed by atoms with Gasteiger partial charge in [-0.25, -0.2) is 4.98 Å². The minimum atomic E-state index is 0.644. The van der Waals surface area contributed by atoms with Gasteiger partial charge in [0, 0.05) is 31.3 Å². The van der Waals surface area contributed by atoms with Gasteiger partial charge in [-0.3, -0.25) is 0 Å². The van der Waals surface area contributed by atoms with Crippen LogP contribution in [0.4, 0.5) is 0 Å². The van der Waals surface area contributed by atoms with Gasteiger partial charge in [-0.1, -0.05) is 91.0 Å². The Labute approximate surface area is 200 Å². The Balaban J connectivity index is 1.31. The molecule has 2 heterocycles. The van der Waals surface area contributed by atoms with Crippen molar-refractivity contribution in [2.45, 2.75) is 0 Å². The van der Waals surface area contributed by atoms with E-state index >= 15 is 0 Å². The fraction of sp³-hybridized carbons (Fsp3) is 0. The van der Waals surface area contributed by atoms with Crippen LogP contribution in [0.3, 0.4) is 0 Å². The summed E-state index contributed by atoms with van der Waals surface area (Å²) in [5.74, 6) is 0.644. The molecule has 0 atom stereocenters. The van der Waals surface area contributed by atoms with Gasteiger partial charge in [-0.05, 0) is 41.0 Å². The summed E-state index contributed by atoms with van der Waals surface area (Å²) in [7, 11) is 0. The lowest BCUT2D eigenvalue weighted by Gasteiger charge is -2.04. The maximum Gasteiger partial charge on any atom is 0.227 e. The molecule has 160 valence electrons. The zero-order valence-corrected chi connectivity index (χ0v) is 19.0. The summed E-state index contributed by atoms with van der Waals surface area (Å²) in [6.07, 6.45) is 0. The Hall–Kier alpha value is -4.21. The van der Waals surface area contributed by atoms with E-state index in [1.165, 1.54) is 31.3 Å². The first-order chi connectivity index (χ1) is 16.8. The second-order valence-corrected chi connectivity index (χ2v) is 9.45. The van der Waals surface area contributed by atoms with Gasteiger partial charge < -0.3 is 4.42 Å². The number of benzene rings is 5. The Kier molecular flexibility index (Phi) is 4.36. The van der Waals surface area contributed by atoms with Crippen LogP contribution in [0.25, 0.3) is 65.0 Å². The summed E-state index contributed by atoms with van der Waals surface area (Å²) in [6, 6.07) is 40.2. The van der Waals surface area contributed by atoms with Crippen molar-refractivity contribution in [1.29, 1.82) is 0 Å². The molecule has 2 nitrogen and oxygen atoms in total. The van der Waals surface area contributed by atoms with E-state index in [4.69, 9.17) is 9.40 Å². The predicted molar refractivity (Wildman–Crippen MR) is 143 cm³/mol. The van der Waals surface area contributed by atoms with Crippen LogP contribution in [0.2, 0.25) is 0 Å². The molecule has 0 aliphatic rings. The average molecular weight is 454 g/mol. The van der Waals surface area contributed by atoms with Crippen molar-refractivity contribution >= 4 is 42.6 Å². The van der Waals surface area contributed by atoms with Crippen LogP contribution in [0, 0.1) is 0 Å². The topological polar surface area (TPSA) is 26.0 Å². The lowest BCUT2D eigenvalue weighted by atomic mass is 10.0. The number of oxazole rings is 1. The molecule has 0 saturated carbocycles. The van der Waals surface area contributed by atoms with Crippen molar-refractivity contribution in [1.82, 2.24) is 4.98 Å². The first-order valence-electron chi connectivity index (χ1n) is 11.3. The zero-order valence-electron chi connectivity index (χ0n) is 18.2. The summed E-state index contributed by atoms with van der Waals surface area (Å²) >= 11 is 1.86. The lowest BCUT2D eigenvalue weighted by Crippen LogP contribution is -1.82. The minimum absolute atomic E-state index is 0.644. The molecule has 7 aromatic rings. The average Bonchev–Trinajstić information content (AvgIpc) is 3.51. The number of hydrogen-bond acceptors (Lipinski definition) is 3. The van der Waals surface area contributed by atoms with Crippen LogP contribution in [0.15, 0.2) is 120 Å². The molecule has 0 aliphatic heterocycles. The number of thiophene rings is 1. The third-order valence-electron chi connectivity index (χ3n) is 6.35. The minimum Gasteiger partial charge on any atom is -0.436 e. The largest absolute Gasteiger partial charge is 0.436 e. The summed E-state index contributed by atoms with van der Waals surface area (Å²) in [5.41, 5.74) is 7.35. The number of hydrogen-bond donors (Lipinski definition) is 0. The van der Waals surface area contributed by atoms with Crippen molar-refractivity contribution in [3.8, 4) is 33.7 Å². The van der Waals surface area contributed by atoms with Gasteiger partial charge in [0.05, 0.1) is 0 Å². The van der Waals surface area contributed by atoms with Gasteiger partial charge in [-0.15, -0.1) is 11.3 Å². The summed E-state index contributed by atoms with van der Waals surface area (Å²) < 4.78 is 8.81. The van der Waals surface area contributed by atoms with Crippen molar-refractivity contribution in [3.63, 3.8) is 0 Å². The number of fused-ring (bicyclic) bond motifs is 4. The molecule has 5 aromatic carbocycles. The number of aromatic nitrogens is 1. The molecule has 0 amide bonds. The lowest BCUT2D eigenvalue weighted by molar-refractivity contribution is 0.620. The van der Waals surface area contributed by atoms with Crippen LogP contribution < -0.4 is 0 Å². The van der Waals surface area contributed by atoms with Gasteiger partial charge >= 0.3 is 0 Å². The highest BCUT2D eigenvalue weighted by molar-refractivity contribution is 7.26. The van der Waals surface area contributed by atoms with Gasteiger partial charge in [0.2, 0.25) is 5.89 Å². The second kappa shape index (κ2) is 7.68. The molecular weight excluding hydrogens is 434 g/mol. The van der Waals surface area contributed by atoms with Crippen LogP contribution in [-0.4, -0.2) is 4.98 Å². The van der Waals surface area contributed by atoms with Gasteiger partial charge in [-0.2, -0.15) is 0 Å². The zero-order chi connectivity index (χ0) is 22.5. The summed E-state index contributed by atoms with van der Waals surface area (Å²) in [5, 5.41) is 2.64. The molecule has 0 unspecified atom stereocenters. The highest BCUT2D eigenvalue weighted by Crippen LogP contribution is 2.40. The molecule has 0 fully saturated rings. The van der Waals surface area contributed by atoms with E-state index in [0.717, 1.165) is 27.8 Å². The third kappa shape index (κ3) is 3.06. The van der Waals surface area contributed by atoms with E-state index < -0.39 is 0 Å². The predicted octanol–water partition coefficient (Wildman–Crippen LogP) is 9.20. The van der Waals surface area contributed by atoms with Crippen LogP contribution in [0.5, 0.6) is 0 Å². The van der Waals surface area contributed by atoms with E-state index in [1.54, 1.807) is 0 Å². The van der Waals surface area contributed by atoms with E-state index in [2.05, 4.69) is 84.9 Å². The maximum absolute atomic E-state index is 6.16. The Morgan fingerprint density at radius 3 is 2.09 bits per heavy atom. The summed E-state index contributed by atoms with van der Waals surface area (Å²) in [4.78, 5) is 4.88. The highest BCUT2D eigenvalue weighted by Gasteiger charge is 2.14. The third-order valence-corrected chi connectivity index (χ3v) is 7.57. The fourth-order valence-corrected chi connectivity index (χ4v) is 5.93. The highest BCUT2D eigenvalue weighted by atomic mass is 32.1. The van der Waals surface area contributed by atoms with Crippen molar-refractivity contribution in [2.24, 2.45) is 0 Å². The standard InChI is InChI=1S/C31H19NOS/c1-2-8-20(9-3-1)23-11-7-14-27-29(23)32-31(33-27)22-18-16-21(17-19-22)24-12-6-13-26-25-10-4-5-15-28(25)34-30(24)26/h1-19H. The maximum atomic E-state index is 6.16. The van der Waals surface area contributed by atoms with Crippen molar-refractivity contribution in [3.05, 3.63) is 115 Å². The molecule has 34 heavy (non-hydrogen) atoms. The molecule has 0 N–H and O–H groups in total. The van der Waals surface area contributed by atoms with E-state index in [1.807, 2.05) is 41.7 Å². The number of para-hydroxylation sites is 1. The molecule has 0 bridgehead atoms. The molecule has 0 aliphatic carbocycles. The van der Waals surface area contributed by atoms with E-state index in [-0.39, 0.29) is 0 Å². The first-order valence-corrected chi connectivity index (χ1v) is 12.1. The Morgan fingerprint density at radius 1 is 0.529 bits per heavy atom. The smallest absolute Gasteiger partial charge is 0.227 e. The van der Waals surface area contributed by atoms with Crippen LogP contribution >= 0.6 is 11.3 Å². The van der Waals surface area contributed by atoms with Gasteiger partial charge in [0.15, 0.2) is 5.58 Å². The molecule has 3 heteroatoms. The number of rotatable bonds is 3. The fourth-order valence-electron chi connectivity index (χ4n) is 4.69. The monoisotopic (exact) mass is 453 g/mol. The molecule has 7 rings (SSSR count). The van der Waals surface area contributed by atoms with Gasteiger partial charge in [0.1, 0.15) is 5.52 Å². The Morgan fingerprint density at radius 2 is 1.21 bits per heavy atom. The van der Waals surface area contributed by atoms with Crippen LogP contribution in [-0.2, 0) is 0 Å². The normalized spacial score (nSPS) is 11.5. The molecule has 0 saturated heterocycles. The SMILES string of the molecule is c1ccc(-c2cccc3oc(-c4ccc(-c5cccc6c5sc5ccccc56)cc4)nc23)cc1. The molecule has 2 aromatic heterocycles. The van der Waals surface area contributed by atoms with E-state index in [9.17, 15) is 0 Å². The second-order valence-electron chi connectivity index (χ2n) is 8.40. The first kappa shape index (κ1) is 19.3. The Bertz CT molecular complexity index is 1790. The molecular formula is C31H19NOS. The molecule has 0 radical (unpaired) electrons. The van der Waals surface area contributed by atoms with Crippen molar-refractivity contribution < 1.29 is 4.42 Å².